The molecule has 3 aromatic heterocycles. The van der Waals surface area contributed by atoms with Gasteiger partial charge in [-0.3, -0.25) is 4.98 Å². The van der Waals surface area contributed by atoms with Crippen molar-refractivity contribution in [1.29, 1.82) is 0 Å². The van der Waals surface area contributed by atoms with Crippen molar-refractivity contribution in [1.82, 2.24) is 9.97 Å². The number of fused-ring (bicyclic) bond motifs is 14. The zero-order valence-corrected chi connectivity index (χ0v) is 18.4. The monoisotopic (exact) mass is 424 g/mol. The summed E-state index contributed by atoms with van der Waals surface area (Å²) in [7, 11) is 0. The Morgan fingerprint density at radius 2 is 1.55 bits per heavy atom. The van der Waals surface area contributed by atoms with Gasteiger partial charge in [0.1, 0.15) is 11.2 Å². The lowest BCUT2D eigenvalue weighted by atomic mass is 9.82. The minimum absolute atomic E-state index is 0.129. The van der Waals surface area contributed by atoms with Crippen LogP contribution in [0.25, 0.3) is 65.8 Å². The van der Waals surface area contributed by atoms with Gasteiger partial charge in [-0.25, -0.2) is 0 Å². The van der Waals surface area contributed by atoms with E-state index in [2.05, 4.69) is 85.6 Å². The summed E-state index contributed by atoms with van der Waals surface area (Å²) in [5, 5.41) is 5.77. The SMILES string of the molecule is CC1(C)c2ccccc2-c2ccc3c(oc4c5ccccc5c5c6ncccc6[nH]c5c34)c21. The van der Waals surface area contributed by atoms with Gasteiger partial charge in [0.05, 0.1) is 21.9 Å². The Morgan fingerprint density at radius 1 is 0.727 bits per heavy atom. The van der Waals surface area contributed by atoms with Crippen molar-refractivity contribution in [2.24, 2.45) is 0 Å². The Kier molecular flexibility index (Phi) is 2.97. The van der Waals surface area contributed by atoms with Crippen LogP contribution in [0.4, 0.5) is 0 Å². The first-order chi connectivity index (χ1) is 16.1. The number of aromatic amines is 1. The molecule has 33 heavy (non-hydrogen) atoms. The van der Waals surface area contributed by atoms with E-state index in [1.165, 1.54) is 33.0 Å². The summed E-state index contributed by atoms with van der Waals surface area (Å²) in [4.78, 5) is 8.41. The third-order valence-electron chi connectivity index (χ3n) is 7.62. The zero-order valence-electron chi connectivity index (χ0n) is 18.4. The fraction of sp³-hybridized carbons (Fsp3) is 0.100. The molecule has 0 spiro atoms. The molecule has 0 saturated carbocycles. The molecule has 1 N–H and O–H groups in total. The highest BCUT2D eigenvalue weighted by molar-refractivity contribution is 6.34. The van der Waals surface area contributed by atoms with Crippen molar-refractivity contribution in [2.45, 2.75) is 19.3 Å². The van der Waals surface area contributed by atoms with Crippen molar-refractivity contribution in [3.8, 4) is 11.1 Å². The number of pyridine rings is 1. The van der Waals surface area contributed by atoms with Gasteiger partial charge in [0.25, 0.3) is 0 Å². The molecule has 0 atom stereocenters. The van der Waals surface area contributed by atoms with Crippen LogP contribution in [0.5, 0.6) is 0 Å². The van der Waals surface area contributed by atoms with Gasteiger partial charge in [-0.05, 0) is 40.3 Å². The molecule has 156 valence electrons. The van der Waals surface area contributed by atoms with Gasteiger partial charge in [0.2, 0.25) is 0 Å². The molecular weight excluding hydrogens is 404 g/mol. The molecule has 0 bridgehead atoms. The summed E-state index contributed by atoms with van der Waals surface area (Å²) in [6.07, 6.45) is 1.87. The number of hydrogen-bond donors (Lipinski definition) is 1. The Morgan fingerprint density at radius 3 is 2.45 bits per heavy atom. The molecule has 0 unspecified atom stereocenters. The first-order valence-electron chi connectivity index (χ1n) is 11.4. The maximum Gasteiger partial charge on any atom is 0.145 e. The van der Waals surface area contributed by atoms with E-state index in [9.17, 15) is 0 Å². The van der Waals surface area contributed by atoms with E-state index in [1.54, 1.807) is 0 Å². The number of benzene rings is 4. The molecule has 0 aliphatic heterocycles. The first kappa shape index (κ1) is 17.4. The van der Waals surface area contributed by atoms with Crippen LogP contribution in [-0.4, -0.2) is 9.97 Å². The van der Waals surface area contributed by atoms with E-state index in [1.807, 2.05) is 12.3 Å². The van der Waals surface area contributed by atoms with Crippen LogP contribution in [0, 0.1) is 0 Å². The highest BCUT2D eigenvalue weighted by Crippen LogP contribution is 2.53. The fourth-order valence-corrected chi connectivity index (χ4v) is 6.21. The Balaban J connectivity index is 1.65. The minimum atomic E-state index is -0.129. The summed E-state index contributed by atoms with van der Waals surface area (Å²) in [6.45, 7) is 4.62. The van der Waals surface area contributed by atoms with Crippen LogP contribution in [0.2, 0.25) is 0 Å². The quantitative estimate of drug-likeness (QED) is 0.267. The summed E-state index contributed by atoms with van der Waals surface area (Å²) >= 11 is 0. The third kappa shape index (κ3) is 1.95. The Bertz CT molecular complexity index is 1950. The van der Waals surface area contributed by atoms with Crippen molar-refractivity contribution in [3.63, 3.8) is 0 Å². The molecule has 3 heterocycles. The average Bonchev–Trinajstić information content (AvgIpc) is 3.48. The van der Waals surface area contributed by atoms with Gasteiger partial charge < -0.3 is 9.40 Å². The van der Waals surface area contributed by atoms with Crippen LogP contribution in [0.1, 0.15) is 25.0 Å². The number of nitrogens with one attached hydrogen (secondary N) is 1. The molecule has 4 aromatic carbocycles. The van der Waals surface area contributed by atoms with Crippen LogP contribution >= 0.6 is 0 Å². The normalized spacial score (nSPS) is 14.6. The predicted octanol–water partition coefficient (Wildman–Crippen LogP) is 8.08. The zero-order chi connectivity index (χ0) is 21.9. The molecule has 0 saturated heterocycles. The van der Waals surface area contributed by atoms with Crippen LogP contribution in [0.15, 0.2) is 83.4 Å². The van der Waals surface area contributed by atoms with Crippen molar-refractivity contribution >= 4 is 54.6 Å². The number of furan rings is 1. The number of hydrogen-bond acceptors (Lipinski definition) is 2. The molecule has 0 fully saturated rings. The van der Waals surface area contributed by atoms with Crippen LogP contribution in [0.3, 0.4) is 0 Å². The average molecular weight is 425 g/mol. The lowest BCUT2D eigenvalue weighted by Crippen LogP contribution is -2.15. The fourth-order valence-electron chi connectivity index (χ4n) is 6.21. The summed E-state index contributed by atoms with van der Waals surface area (Å²) < 4.78 is 6.84. The number of nitrogens with zero attached hydrogens (tertiary/aromatic N) is 1. The van der Waals surface area contributed by atoms with Crippen LogP contribution in [-0.2, 0) is 5.41 Å². The largest absolute Gasteiger partial charge is 0.455 e. The highest BCUT2D eigenvalue weighted by atomic mass is 16.3. The first-order valence-corrected chi connectivity index (χ1v) is 11.4. The van der Waals surface area contributed by atoms with Gasteiger partial charge in [-0.1, -0.05) is 68.4 Å². The van der Waals surface area contributed by atoms with E-state index in [0.717, 1.165) is 43.9 Å². The Hall–Kier alpha value is -4.11. The molecule has 0 amide bonds. The lowest BCUT2D eigenvalue weighted by Gasteiger charge is -2.21. The highest BCUT2D eigenvalue weighted by Gasteiger charge is 2.38. The molecule has 3 nitrogen and oxygen atoms in total. The second-order valence-electron chi connectivity index (χ2n) is 9.66. The van der Waals surface area contributed by atoms with Crippen molar-refractivity contribution < 1.29 is 4.42 Å². The second-order valence-corrected chi connectivity index (χ2v) is 9.66. The van der Waals surface area contributed by atoms with Gasteiger partial charge in [0, 0.05) is 33.3 Å². The van der Waals surface area contributed by atoms with Gasteiger partial charge in [-0.15, -0.1) is 0 Å². The summed E-state index contributed by atoms with van der Waals surface area (Å²) in [6, 6.07) is 25.9. The van der Waals surface area contributed by atoms with E-state index in [0.29, 0.717) is 0 Å². The topological polar surface area (TPSA) is 41.8 Å². The van der Waals surface area contributed by atoms with Gasteiger partial charge >= 0.3 is 0 Å². The second kappa shape index (κ2) is 5.62. The van der Waals surface area contributed by atoms with E-state index >= 15 is 0 Å². The molecule has 7 aromatic rings. The smallest absolute Gasteiger partial charge is 0.145 e. The predicted molar refractivity (Wildman–Crippen MR) is 136 cm³/mol. The molecule has 3 heteroatoms. The number of rotatable bonds is 0. The molecular formula is C30H20N2O. The third-order valence-corrected chi connectivity index (χ3v) is 7.62. The van der Waals surface area contributed by atoms with E-state index in [-0.39, 0.29) is 5.41 Å². The van der Waals surface area contributed by atoms with Gasteiger partial charge in [0.15, 0.2) is 0 Å². The molecule has 0 radical (unpaired) electrons. The number of H-pyrrole nitrogens is 1. The molecule has 1 aliphatic carbocycles. The van der Waals surface area contributed by atoms with Crippen molar-refractivity contribution in [2.75, 3.05) is 0 Å². The summed E-state index contributed by atoms with van der Waals surface area (Å²) in [5.41, 5.74) is 10.2. The molecule has 8 rings (SSSR count). The number of aromatic nitrogens is 2. The van der Waals surface area contributed by atoms with E-state index in [4.69, 9.17) is 9.40 Å². The van der Waals surface area contributed by atoms with Crippen LogP contribution < -0.4 is 0 Å². The van der Waals surface area contributed by atoms with Gasteiger partial charge in [-0.2, -0.15) is 0 Å². The maximum absolute atomic E-state index is 6.84. The maximum atomic E-state index is 6.84. The summed E-state index contributed by atoms with van der Waals surface area (Å²) in [5.74, 6) is 0. The standard InChI is InChI=1S/C30H20N2O/c1-30(2)21-11-6-5-8-16(21)18-13-14-20-24-27-23(26-22(32-27)12-7-15-31-26)17-9-3-4-10-19(17)28(24)33-29(20)25(18)30/h3-15,32H,1-2H3. The van der Waals surface area contributed by atoms with E-state index < -0.39 is 0 Å². The molecule has 1 aliphatic rings. The van der Waals surface area contributed by atoms with Crippen molar-refractivity contribution in [3.05, 3.63) is 90.1 Å². The lowest BCUT2D eigenvalue weighted by molar-refractivity contribution is 0.621. The minimum Gasteiger partial charge on any atom is -0.455 e. The Labute approximate surface area is 189 Å².